The van der Waals surface area contributed by atoms with Crippen LogP contribution in [0.25, 0.3) is 9.88 Å². The lowest BCUT2D eigenvalue weighted by atomic mass is 10.0. The minimum atomic E-state index is -4.41. The molecule has 11 nitrogen and oxygen atoms in total. The first-order valence-electron chi connectivity index (χ1n) is 12.0. The lowest BCUT2D eigenvalue weighted by Crippen LogP contribution is -2.50. The van der Waals surface area contributed by atoms with Gasteiger partial charge in [-0.3, -0.25) is 24.0 Å². The molecule has 0 bridgehead atoms. The molecule has 4 rings (SSSR count). The molecule has 0 spiro atoms. The molecule has 4 aromatic rings. The molecule has 3 N–H and O–H groups in total. The van der Waals surface area contributed by atoms with Crippen molar-refractivity contribution in [3.05, 3.63) is 88.5 Å². The number of benzene rings is 1. The van der Waals surface area contributed by atoms with E-state index >= 15 is 0 Å². The highest BCUT2D eigenvalue weighted by Crippen LogP contribution is 2.31. The van der Waals surface area contributed by atoms with Crippen molar-refractivity contribution in [2.24, 2.45) is 0 Å². The molecule has 0 aliphatic heterocycles. The third-order valence-electron chi connectivity index (χ3n) is 5.95. The first-order valence-corrected chi connectivity index (χ1v) is 15.2. The molecular formula is C26H27N5O6S3. The number of nitrogens with zero attached hydrogens (tertiary/aromatic N) is 3. The summed E-state index contributed by atoms with van der Waals surface area (Å²) < 4.78 is 38.2. The van der Waals surface area contributed by atoms with Crippen LogP contribution in [0.2, 0.25) is 0 Å². The first-order chi connectivity index (χ1) is 19.1. The van der Waals surface area contributed by atoms with E-state index in [1.807, 2.05) is 33.7 Å². The number of thiazole rings is 1. The number of anilines is 1. The Bertz CT molecular complexity index is 1530. The fourth-order valence-electron chi connectivity index (χ4n) is 3.97. The van der Waals surface area contributed by atoms with E-state index in [0.29, 0.717) is 12.1 Å². The van der Waals surface area contributed by atoms with E-state index in [9.17, 15) is 18.0 Å². The van der Waals surface area contributed by atoms with Gasteiger partial charge in [0, 0.05) is 31.2 Å². The third kappa shape index (κ3) is 7.85. The summed E-state index contributed by atoms with van der Waals surface area (Å²) in [6, 6.07) is 12.4. The number of aromatic nitrogens is 2. The zero-order valence-corrected chi connectivity index (χ0v) is 24.0. The summed E-state index contributed by atoms with van der Waals surface area (Å²) in [4.78, 5) is 37.3. The second-order valence-electron chi connectivity index (χ2n) is 8.76. The van der Waals surface area contributed by atoms with Crippen LogP contribution in [0.5, 0.6) is 0 Å². The van der Waals surface area contributed by atoms with Crippen LogP contribution in [0.15, 0.2) is 71.7 Å². The van der Waals surface area contributed by atoms with Gasteiger partial charge in [-0.2, -0.15) is 8.42 Å². The molecule has 2 amide bonds. The lowest BCUT2D eigenvalue weighted by molar-refractivity contribution is -0.126. The molecule has 0 saturated heterocycles. The van der Waals surface area contributed by atoms with Crippen molar-refractivity contribution in [2.75, 3.05) is 18.9 Å². The van der Waals surface area contributed by atoms with Crippen molar-refractivity contribution in [2.45, 2.75) is 24.9 Å². The summed E-state index contributed by atoms with van der Waals surface area (Å²) in [7, 11) is -1.65. The number of carbonyl (C=O) groups is 2. The average Bonchev–Trinajstić information content (AvgIpc) is 3.64. The van der Waals surface area contributed by atoms with Crippen molar-refractivity contribution in [1.29, 1.82) is 0 Å². The topological polar surface area (TPSA) is 151 Å². The second kappa shape index (κ2) is 13.0. The molecule has 1 aromatic carbocycles. The van der Waals surface area contributed by atoms with Crippen molar-refractivity contribution >= 4 is 50.7 Å². The Labute approximate surface area is 239 Å². The van der Waals surface area contributed by atoms with E-state index in [0.717, 1.165) is 21.0 Å². The van der Waals surface area contributed by atoms with Crippen LogP contribution in [-0.2, 0) is 32.7 Å². The van der Waals surface area contributed by atoms with E-state index in [1.54, 1.807) is 41.9 Å². The SMILES string of the molecule is COC(=O)N(C)C(Cc1cccnc1)C(=O)N[C@@H](Cc1ccc(NS(=O)(=O)O)cc1)c1csc(-c2cccs2)n1. The normalized spacial score (nSPS) is 12.8. The van der Waals surface area contributed by atoms with Gasteiger partial charge in [0.05, 0.1) is 29.4 Å². The predicted molar refractivity (Wildman–Crippen MR) is 154 cm³/mol. The smallest absolute Gasteiger partial charge is 0.409 e. The average molecular weight is 602 g/mol. The van der Waals surface area contributed by atoms with Crippen molar-refractivity contribution in [3.8, 4) is 9.88 Å². The van der Waals surface area contributed by atoms with Gasteiger partial charge in [0.2, 0.25) is 5.91 Å². The maximum atomic E-state index is 13.7. The van der Waals surface area contributed by atoms with Crippen LogP contribution in [-0.4, -0.2) is 60.0 Å². The number of hydrogen-bond donors (Lipinski definition) is 3. The zero-order valence-electron chi connectivity index (χ0n) is 21.6. The molecule has 0 radical (unpaired) electrons. The highest BCUT2D eigenvalue weighted by molar-refractivity contribution is 7.87. The Kier molecular flexibility index (Phi) is 9.47. The number of rotatable bonds is 11. The number of carbonyl (C=O) groups excluding carboxylic acids is 2. The van der Waals surface area contributed by atoms with Crippen molar-refractivity contribution < 1.29 is 27.3 Å². The van der Waals surface area contributed by atoms with Crippen LogP contribution in [0.4, 0.5) is 10.5 Å². The number of ether oxygens (including phenoxy) is 1. The van der Waals surface area contributed by atoms with Gasteiger partial charge in [0.1, 0.15) is 11.0 Å². The summed E-state index contributed by atoms with van der Waals surface area (Å²) in [6.07, 6.45) is 3.15. The van der Waals surface area contributed by atoms with Gasteiger partial charge < -0.3 is 10.1 Å². The maximum absolute atomic E-state index is 13.7. The van der Waals surface area contributed by atoms with Crippen molar-refractivity contribution in [1.82, 2.24) is 20.2 Å². The fourth-order valence-corrected chi connectivity index (χ4v) is 6.09. The number of amides is 2. The van der Waals surface area contributed by atoms with Gasteiger partial charge in [0.15, 0.2) is 0 Å². The van der Waals surface area contributed by atoms with Gasteiger partial charge in [-0.25, -0.2) is 9.78 Å². The number of likely N-dealkylation sites (N-methyl/N-ethyl adjacent to an activating group) is 1. The zero-order chi connectivity index (χ0) is 28.7. The van der Waals surface area contributed by atoms with E-state index < -0.39 is 34.4 Å². The number of nitrogens with one attached hydrogen (secondary N) is 2. The molecule has 0 aliphatic rings. The summed E-state index contributed by atoms with van der Waals surface area (Å²) in [5, 5.41) is 7.72. The molecule has 210 valence electrons. The van der Waals surface area contributed by atoms with Crippen LogP contribution in [0, 0.1) is 0 Å². The van der Waals surface area contributed by atoms with E-state index in [1.165, 1.54) is 42.5 Å². The fraction of sp³-hybridized carbons (Fsp3) is 0.231. The molecular weight excluding hydrogens is 575 g/mol. The molecule has 3 aromatic heterocycles. The number of methoxy groups -OCH3 is 1. The number of thiophene rings is 1. The van der Waals surface area contributed by atoms with E-state index in [4.69, 9.17) is 14.3 Å². The predicted octanol–water partition coefficient (Wildman–Crippen LogP) is 4.19. The van der Waals surface area contributed by atoms with Crippen LogP contribution in [0.1, 0.15) is 22.9 Å². The standard InChI is InChI=1S/C26H27N5O6S3/c1-31(26(33)37-2)22(14-18-5-3-11-27-15-18)24(32)28-20(21-16-39-25(29-21)23-6-4-12-38-23)13-17-7-9-19(10-8-17)30-40(34,35)36/h3-12,15-16,20,22,30H,13-14H2,1-2H3,(H,28,32)(H,34,35,36)/t20-,22?/m0/s1. The first kappa shape index (κ1) is 29.1. The Balaban J connectivity index is 1.62. The van der Waals surface area contributed by atoms with Gasteiger partial charge in [0.25, 0.3) is 0 Å². The quantitative estimate of drug-likeness (QED) is 0.217. The summed E-state index contributed by atoms with van der Waals surface area (Å²) in [5.74, 6) is -0.405. The monoisotopic (exact) mass is 601 g/mol. The number of hydrogen-bond acceptors (Lipinski definition) is 9. The molecule has 0 saturated carbocycles. The molecule has 0 fully saturated rings. The Morgan fingerprint density at radius 1 is 1.07 bits per heavy atom. The summed E-state index contributed by atoms with van der Waals surface area (Å²) in [5.41, 5.74) is 2.38. The van der Waals surface area contributed by atoms with Crippen LogP contribution < -0.4 is 10.0 Å². The van der Waals surface area contributed by atoms with Gasteiger partial charge >= 0.3 is 16.4 Å². The molecule has 3 heterocycles. The lowest BCUT2D eigenvalue weighted by Gasteiger charge is -2.28. The van der Waals surface area contributed by atoms with Crippen LogP contribution >= 0.6 is 22.7 Å². The molecule has 40 heavy (non-hydrogen) atoms. The highest BCUT2D eigenvalue weighted by atomic mass is 32.2. The minimum absolute atomic E-state index is 0.191. The summed E-state index contributed by atoms with van der Waals surface area (Å²) >= 11 is 3.02. The van der Waals surface area contributed by atoms with Gasteiger partial charge in [-0.15, -0.1) is 22.7 Å². The van der Waals surface area contributed by atoms with Crippen LogP contribution in [0.3, 0.4) is 0 Å². The number of pyridine rings is 1. The molecule has 2 atom stereocenters. The third-order valence-corrected chi connectivity index (χ3v) is 8.35. The van der Waals surface area contributed by atoms with E-state index in [-0.39, 0.29) is 12.1 Å². The van der Waals surface area contributed by atoms with Gasteiger partial charge in [-0.1, -0.05) is 24.3 Å². The Morgan fingerprint density at radius 3 is 2.48 bits per heavy atom. The van der Waals surface area contributed by atoms with E-state index in [2.05, 4.69) is 10.3 Å². The van der Waals surface area contributed by atoms with Crippen molar-refractivity contribution in [3.63, 3.8) is 0 Å². The Morgan fingerprint density at radius 2 is 1.85 bits per heavy atom. The van der Waals surface area contributed by atoms with Gasteiger partial charge in [-0.05, 0) is 47.2 Å². The summed E-state index contributed by atoms with van der Waals surface area (Å²) in [6.45, 7) is 0. The minimum Gasteiger partial charge on any atom is -0.453 e. The largest absolute Gasteiger partial charge is 0.453 e. The second-order valence-corrected chi connectivity index (χ2v) is 11.7. The molecule has 1 unspecified atom stereocenters. The molecule has 0 aliphatic carbocycles. The maximum Gasteiger partial charge on any atom is 0.409 e. The highest BCUT2D eigenvalue weighted by Gasteiger charge is 2.30. The Hall–Kier alpha value is -3.85. The molecule has 14 heteroatoms.